The molecule has 6 rings (SSSR count). The molecule has 2 fully saturated rings. The van der Waals surface area contributed by atoms with Gasteiger partial charge < -0.3 is 15.1 Å². The third-order valence-corrected chi connectivity index (χ3v) is 7.10. The summed E-state index contributed by atoms with van der Waals surface area (Å²) in [5, 5.41) is 8.81. The number of carbonyl (C=O) groups is 1. The van der Waals surface area contributed by atoms with Crippen LogP contribution in [0.2, 0.25) is 0 Å². The Labute approximate surface area is 175 Å². The van der Waals surface area contributed by atoms with Crippen LogP contribution in [0.3, 0.4) is 0 Å². The predicted octanol–water partition coefficient (Wildman–Crippen LogP) is 2.42. The summed E-state index contributed by atoms with van der Waals surface area (Å²) in [6.07, 6.45) is 4.45. The molecule has 1 aromatic carbocycles. The van der Waals surface area contributed by atoms with Crippen LogP contribution in [0.5, 0.6) is 0 Å². The van der Waals surface area contributed by atoms with Crippen LogP contribution in [0.4, 0.5) is 11.4 Å². The number of hydrogen-bond donors (Lipinski definition) is 1. The number of nitrogens with one attached hydrogen (secondary N) is 1. The van der Waals surface area contributed by atoms with Crippen molar-refractivity contribution in [3.05, 3.63) is 47.8 Å². The molecule has 2 aromatic heterocycles. The first-order chi connectivity index (χ1) is 14.5. The van der Waals surface area contributed by atoms with Crippen LogP contribution in [0.1, 0.15) is 30.4 Å². The lowest BCUT2D eigenvalue weighted by atomic mass is 9.81. The molecule has 154 valence electrons. The van der Waals surface area contributed by atoms with Gasteiger partial charge in [-0.15, -0.1) is 0 Å². The van der Waals surface area contributed by atoms with E-state index in [1.807, 2.05) is 29.0 Å². The predicted molar refractivity (Wildman–Crippen MR) is 117 cm³/mol. The average Bonchev–Trinajstić information content (AvgIpc) is 3.28. The zero-order chi connectivity index (χ0) is 20.5. The van der Waals surface area contributed by atoms with Gasteiger partial charge in [0.05, 0.1) is 17.3 Å². The molecule has 3 aromatic rings. The van der Waals surface area contributed by atoms with E-state index in [4.69, 9.17) is 0 Å². The van der Waals surface area contributed by atoms with Gasteiger partial charge in [0.1, 0.15) is 0 Å². The maximum Gasteiger partial charge on any atom is 0.227 e. The highest BCUT2D eigenvalue weighted by Gasteiger charge is 2.47. The molecule has 0 aliphatic carbocycles. The number of nitrogens with zero attached hydrogens (tertiary/aromatic N) is 5. The standard InChI is InChI=1S/C23H26N6O/c1-15-10-28(20-5-6-25-22-19(20)9-26-27(22)2)11-16-3-4-17(7-18(15)16)29-14-23(8-21(29)30)12-24-13-23/h3-7,9,15,24H,8,10-14H2,1-2H3/t15-/m0/s1. The first-order valence-corrected chi connectivity index (χ1v) is 10.7. The Morgan fingerprint density at radius 1 is 1.23 bits per heavy atom. The van der Waals surface area contributed by atoms with Gasteiger partial charge in [0.25, 0.3) is 0 Å². The molecule has 30 heavy (non-hydrogen) atoms. The van der Waals surface area contributed by atoms with Gasteiger partial charge in [-0.3, -0.25) is 9.48 Å². The molecule has 7 nitrogen and oxygen atoms in total. The number of carbonyl (C=O) groups excluding carboxylic acids is 1. The van der Waals surface area contributed by atoms with E-state index < -0.39 is 0 Å². The van der Waals surface area contributed by atoms with E-state index in [-0.39, 0.29) is 11.3 Å². The third kappa shape index (κ3) is 2.58. The Morgan fingerprint density at radius 2 is 2.10 bits per heavy atom. The fraction of sp³-hybridized carbons (Fsp3) is 0.435. The molecule has 0 radical (unpaired) electrons. The summed E-state index contributed by atoms with van der Waals surface area (Å²) < 4.78 is 1.82. The van der Waals surface area contributed by atoms with Gasteiger partial charge in [0.15, 0.2) is 5.65 Å². The lowest BCUT2D eigenvalue weighted by Crippen LogP contribution is -2.54. The molecule has 7 heteroatoms. The van der Waals surface area contributed by atoms with E-state index in [2.05, 4.69) is 51.5 Å². The van der Waals surface area contributed by atoms with Crippen molar-refractivity contribution < 1.29 is 4.79 Å². The number of anilines is 2. The van der Waals surface area contributed by atoms with Crippen LogP contribution in [0, 0.1) is 5.41 Å². The average molecular weight is 403 g/mol. The zero-order valence-corrected chi connectivity index (χ0v) is 17.4. The minimum atomic E-state index is 0.159. The maximum absolute atomic E-state index is 12.7. The summed E-state index contributed by atoms with van der Waals surface area (Å²) in [6, 6.07) is 8.69. The summed E-state index contributed by atoms with van der Waals surface area (Å²) in [7, 11) is 1.93. The van der Waals surface area contributed by atoms with E-state index in [1.54, 1.807) is 0 Å². The van der Waals surface area contributed by atoms with Crippen molar-refractivity contribution in [3.8, 4) is 0 Å². The highest BCUT2D eigenvalue weighted by molar-refractivity contribution is 5.97. The molecule has 2 saturated heterocycles. The Kier molecular flexibility index (Phi) is 3.75. The van der Waals surface area contributed by atoms with Crippen LogP contribution >= 0.6 is 0 Å². The first-order valence-electron chi connectivity index (χ1n) is 10.7. The zero-order valence-electron chi connectivity index (χ0n) is 17.4. The highest BCUT2D eigenvalue weighted by atomic mass is 16.2. The number of rotatable bonds is 2. The number of aromatic nitrogens is 3. The molecule has 3 aliphatic rings. The van der Waals surface area contributed by atoms with Gasteiger partial charge in [-0.2, -0.15) is 5.10 Å². The fourth-order valence-corrected chi connectivity index (χ4v) is 5.39. The number of amides is 1. The Bertz CT molecular complexity index is 1160. The highest BCUT2D eigenvalue weighted by Crippen LogP contribution is 2.40. The molecule has 5 heterocycles. The lowest BCUT2D eigenvalue weighted by Gasteiger charge is -2.38. The van der Waals surface area contributed by atoms with Crippen LogP contribution in [-0.4, -0.2) is 46.9 Å². The maximum atomic E-state index is 12.7. The summed E-state index contributed by atoms with van der Waals surface area (Å²) in [6.45, 7) is 6.83. The Balaban J connectivity index is 1.31. The van der Waals surface area contributed by atoms with Crippen molar-refractivity contribution in [2.24, 2.45) is 12.5 Å². The van der Waals surface area contributed by atoms with Gasteiger partial charge in [-0.1, -0.05) is 13.0 Å². The monoisotopic (exact) mass is 402 g/mol. The van der Waals surface area contributed by atoms with Crippen molar-refractivity contribution in [2.45, 2.75) is 25.8 Å². The number of benzene rings is 1. The van der Waals surface area contributed by atoms with Crippen molar-refractivity contribution in [1.29, 1.82) is 0 Å². The summed E-state index contributed by atoms with van der Waals surface area (Å²) in [5.41, 5.74) is 6.00. The molecule has 1 spiro atoms. The molecule has 1 amide bonds. The molecule has 0 bridgehead atoms. The Hall–Kier alpha value is -2.93. The van der Waals surface area contributed by atoms with Crippen molar-refractivity contribution >= 4 is 28.3 Å². The topological polar surface area (TPSA) is 66.3 Å². The van der Waals surface area contributed by atoms with Crippen LogP contribution < -0.4 is 15.1 Å². The minimum Gasteiger partial charge on any atom is -0.366 e. The van der Waals surface area contributed by atoms with E-state index in [9.17, 15) is 4.79 Å². The lowest BCUT2D eigenvalue weighted by molar-refractivity contribution is -0.118. The van der Waals surface area contributed by atoms with Gasteiger partial charge in [-0.25, -0.2) is 4.98 Å². The van der Waals surface area contributed by atoms with E-state index in [1.165, 1.54) is 16.8 Å². The van der Waals surface area contributed by atoms with Crippen LogP contribution in [0.15, 0.2) is 36.7 Å². The molecular weight excluding hydrogens is 376 g/mol. The molecule has 1 atom stereocenters. The second kappa shape index (κ2) is 6.28. The summed E-state index contributed by atoms with van der Waals surface area (Å²) >= 11 is 0. The third-order valence-electron chi connectivity index (χ3n) is 7.10. The van der Waals surface area contributed by atoms with Crippen LogP contribution in [-0.2, 0) is 18.4 Å². The fourth-order valence-electron chi connectivity index (χ4n) is 5.39. The van der Waals surface area contributed by atoms with Crippen molar-refractivity contribution in [3.63, 3.8) is 0 Å². The van der Waals surface area contributed by atoms with Gasteiger partial charge in [-0.05, 0) is 35.2 Å². The normalized spacial score (nSPS) is 22.6. The molecular formula is C23H26N6O. The Morgan fingerprint density at radius 3 is 2.87 bits per heavy atom. The number of pyridine rings is 1. The number of aryl methyl sites for hydroxylation is 1. The largest absolute Gasteiger partial charge is 0.366 e. The molecule has 1 N–H and O–H groups in total. The summed E-state index contributed by atoms with van der Waals surface area (Å²) in [4.78, 5) is 21.6. The number of fused-ring (bicyclic) bond motifs is 2. The van der Waals surface area contributed by atoms with Gasteiger partial charge >= 0.3 is 0 Å². The van der Waals surface area contributed by atoms with E-state index in [0.29, 0.717) is 12.3 Å². The molecule has 3 aliphatic heterocycles. The summed E-state index contributed by atoms with van der Waals surface area (Å²) in [5.74, 6) is 0.642. The van der Waals surface area contributed by atoms with Crippen molar-refractivity contribution in [1.82, 2.24) is 20.1 Å². The van der Waals surface area contributed by atoms with E-state index >= 15 is 0 Å². The second-order valence-electron chi connectivity index (χ2n) is 9.26. The molecule has 0 saturated carbocycles. The SMILES string of the molecule is C[C@H]1CN(c2ccnc3c2cnn3C)Cc2ccc(N3CC4(CNC4)CC3=O)cc21. The minimum absolute atomic E-state index is 0.159. The van der Waals surface area contributed by atoms with E-state index in [0.717, 1.165) is 49.4 Å². The number of hydrogen-bond acceptors (Lipinski definition) is 5. The first kappa shape index (κ1) is 17.9. The van der Waals surface area contributed by atoms with Gasteiger partial charge in [0, 0.05) is 63.5 Å². The van der Waals surface area contributed by atoms with Crippen LogP contribution in [0.25, 0.3) is 11.0 Å². The molecule has 0 unspecified atom stereocenters. The quantitative estimate of drug-likeness (QED) is 0.713. The second-order valence-corrected chi connectivity index (χ2v) is 9.26. The smallest absolute Gasteiger partial charge is 0.227 e. The van der Waals surface area contributed by atoms with Gasteiger partial charge in [0.2, 0.25) is 5.91 Å². The van der Waals surface area contributed by atoms with Crippen molar-refractivity contribution in [2.75, 3.05) is 36.0 Å².